The Kier molecular flexibility index (Phi) is 4.76. The lowest BCUT2D eigenvalue weighted by atomic mass is 10.0. The predicted octanol–water partition coefficient (Wildman–Crippen LogP) is 8.91. The van der Waals surface area contributed by atoms with Gasteiger partial charge in [0.15, 0.2) is 5.58 Å². The van der Waals surface area contributed by atoms with Crippen molar-refractivity contribution in [3.8, 4) is 39.5 Å². The van der Waals surface area contributed by atoms with Gasteiger partial charge < -0.3 is 13.4 Å². The van der Waals surface area contributed by atoms with Crippen LogP contribution in [0, 0.1) is 0 Å². The van der Waals surface area contributed by atoms with E-state index in [0.29, 0.717) is 5.89 Å². The molecule has 0 atom stereocenters. The number of oxazole rings is 1. The molecule has 0 fully saturated rings. The fraction of sp³-hybridized carbons (Fsp3) is 0. The summed E-state index contributed by atoms with van der Waals surface area (Å²) in [5.41, 5.74) is 9.94. The zero-order valence-corrected chi connectivity index (χ0v) is 20.8. The second-order valence-electron chi connectivity index (χ2n) is 9.53. The maximum atomic E-state index is 6.14. The topological polar surface area (TPSA) is 57.0 Å². The minimum Gasteiger partial charge on any atom is -0.472 e. The van der Waals surface area contributed by atoms with E-state index in [1.54, 1.807) is 12.5 Å². The number of rotatable bonds is 4. The van der Waals surface area contributed by atoms with Crippen molar-refractivity contribution in [2.45, 2.75) is 0 Å². The van der Waals surface area contributed by atoms with E-state index in [4.69, 9.17) is 13.8 Å². The summed E-state index contributed by atoms with van der Waals surface area (Å²) in [5, 5.41) is 2.31. The van der Waals surface area contributed by atoms with Crippen LogP contribution in [-0.2, 0) is 0 Å². The fourth-order valence-corrected chi connectivity index (χ4v) is 5.47. The molecule has 0 unspecified atom stereocenters. The van der Waals surface area contributed by atoms with Crippen LogP contribution < -0.4 is 0 Å². The molecule has 0 bridgehead atoms. The Morgan fingerprint density at radius 1 is 0.667 bits per heavy atom. The third-order valence-electron chi connectivity index (χ3n) is 7.23. The van der Waals surface area contributed by atoms with Gasteiger partial charge in [0, 0.05) is 39.3 Å². The van der Waals surface area contributed by atoms with E-state index in [-0.39, 0.29) is 0 Å². The molecule has 8 rings (SSSR count). The Hall–Kier alpha value is -5.42. The molecule has 39 heavy (non-hydrogen) atoms. The molecule has 0 radical (unpaired) electrons. The van der Waals surface area contributed by atoms with E-state index < -0.39 is 0 Å². The van der Waals surface area contributed by atoms with Crippen molar-refractivity contribution in [1.29, 1.82) is 0 Å². The minimum atomic E-state index is 0.604. The average Bonchev–Trinajstić information content (AvgIpc) is 3.75. The van der Waals surface area contributed by atoms with Gasteiger partial charge in [-0.15, -0.1) is 0 Å². The van der Waals surface area contributed by atoms with Crippen LogP contribution in [0.15, 0.2) is 137 Å². The number of hydrogen-bond donors (Lipinski definition) is 0. The lowest BCUT2D eigenvalue weighted by Gasteiger charge is -2.10. The molecule has 5 heteroatoms. The Morgan fingerprint density at radius 2 is 1.59 bits per heavy atom. The van der Waals surface area contributed by atoms with Crippen molar-refractivity contribution in [2.75, 3.05) is 0 Å². The summed E-state index contributed by atoms with van der Waals surface area (Å²) in [5.74, 6) is 0.604. The highest BCUT2D eigenvalue weighted by Crippen LogP contribution is 2.40. The Labute approximate surface area is 223 Å². The smallest absolute Gasteiger partial charge is 0.227 e. The molecule has 4 aromatic heterocycles. The molecule has 5 nitrogen and oxygen atoms in total. The average molecular weight is 504 g/mol. The summed E-state index contributed by atoms with van der Waals surface area (Å²) in [6.07, 6.45) is 5.34. The first kappa shape index (κ1) is 21.6. The zero-order chi connectivity index (χ0) is 25.8. The molecule has 0 aliphatic heterocycles. The Balaban J connectivity index is 1.43. The van der Waals surface area contributed by atoms with Crippen molar-refractivity contribution < 1.29 is 8.83 Å². The first-order valence-electron chi connectivity index (χ1n) is 12.8. The first-order valence-corrected chi connectivity index (χ1v) is 12.8. The number of hydrogen-bond acceptors (Lipinski definition) is 4. The van der Waals surface area contributed by atoms with E-state index in [0.717, 1.165) is 61.2 Å². The van der Waals surface area contributed by atoms with E-state index in [9.17, 15) is 0 Å². The molecule has 0 N–H and O–H groups in total. The number of pyridine rings is 1. The Bertz CT molecular complexity index is 2090. The second kappa shape index (κ2) is 8.57. The van der Waals surface area contributed by atoms with E-state index in [2.05, 4.69) is 70.2 Å². The SMILES string of the molecule is c1ccc(-c2cccc(-n3c4cc(-c5nc6ccccc6o5)ccc4c4c(-c5ccoc5)cccc43)c2)nc1. The molecule has 0 saturated heterocycles. The molecule has 0 amide bonds. The highest BCUT2D eigenvalue weighted by molar-refractivity contribution is 6.16. The van der Waals surface area contributed by atoms with Crippen LogP contribution in [0.5, 0.6) is 0 Å². The van der Waals surface area contributed by atoms with Gasteiger partial charge in [-0.05, 0) is 66.2 Å². The van der Waals surface area contributed by atoms with Crippen LogP contribution in [0.4, 0.5) is 0 Å². The third-order valence-corrected chi connectivity index (χ3v) is 7.23. The largest absolute Gasteiger partial charge is 0.472 e. The summed E-state index contributed by atoms with van der Waals surface area (Å²) in [7, 11) is 0. The van der Waals surface area contributed by atoms with Gasteiger partial charge in [0.2, 0.25) is 5.89 Å². The standard InChI is InChI=1S/C34H21N3O2/c1-2-13-32-29(11-1)36-34(39-32)23-14-15-27-31(20-23)37(25-8-5-7-22(19-25)28-10-3-4-17-35-28)30-12-6-9-26(33(27)30)24-16-18-38-21-24/h1-21H. The van der Waals surface area contributed by atoms with Crippen LogP contribution >= 0.6 is 0 Å². The fourth-order valence-electron chi connectivity index (χ4n) is 5.47. The molecule has 8 aromatic rings. The van der Waals surface area contributed by atoms with Crippen molar-refractivity contribution in [3.63, 3.8) is 0 Å². The highest BCUT2D eigenvalue weighted by Gasteiger charge is 2.19. The summed E-state index contributed by atoms with van der Waals surface area (Å²) < 4.78 is 13.9. The maximum Gasteiger partial charge on any atom is 0.227 e. The van der Waals surface area contributed by atoms with Gasteiger partial charge in [0.05, 0.1) is 29.3 Å². The van der Waals surface area contributed by atoms with Gasteiger partial charge in [0.25, 0.3) is 0 Å². The lowest BCUT2D eigenvalue weighted by Crippen LogP contribution is -1.95. The monoisotopic (exact) mass is 503 g/mol. The van der Waals surface area contributed by atoms with Crippen molar-refractivity contribution in [2.24, 2.45) is 0 Å². The van der Waals surface area contributed by atoms with Crippen LogP contribution in [0.2, 0.25) is 0 Å². The summed E-state index contributed by atoms with van der Waals surface area (Å²) in [4.78, 5) is 9.34. The number of fused-ring (bicyclic) bond motifs is 4. The van der Waals surface area contributed by atoms with Crippen LogP contribution in [0.25, 0.3) is 72.4 Å². The van der Waals surface area contributed by atoms with Gasteiger partial charge in [-0.1, -0.05) is 48.5 Å². The van der Waals surface area contributed by atoms with Gasteiger partial charge in [-0.2, -0.15) is 0 Å². The molecule has 4 aromatic carbocycles. The van der Waals surface area contributed by atoms with Crippen molar-refractivity contribution in [1.82, 2.24) is 14.5 Å². The molecule has 0 aliphatic rings. The van der Waals surface area contributed by atoms with E-state index >= 15 is 0 Å². The molecular weight excluding hydrogens is 482 g/mol. The highest BCUT2D eigenvalue weighted by atomic mass is 16.3. The third kappa shape index (κ3) is 3.48. The van der Waals surface area contributed by atoms with Gasteiger partial charge in [-0.3, -0.25) is 4.98 Å². The van der Waals surface area contributed by atoms with Gasteiger partial charge in [0.1, 0.15) is 5.52 Å². The number of benzene rings is 4. The summed E-state index contributed by atoms with van der Waals surface area (Å²) in [6, 6.07) is 37.2. The van der Waals surface area contributed by atoms with Crippen LogP contribution in [-0.4, -0.2) is 14.5 Å². The molecule has 0 aliphatic carbocycles. The van der Waals surface area contributed by atoms with Crippen molar-refractivity contribution in [3.05, 3.63) is 128 Å². The van der Waals surface area contributed by atoms with Crippen LogP contribution in [0.3, 0.4) is 0 Å². The molecule has 4 heterocycles. The van der Waals surface area contributed by atoms with E-state index in [1.165, 1.54) is 5.39 Å². The lowest BCUT2D eigenvalue weighted by molar-refractivity contribution is 0.568. The number of aromatic nitrogens is 3. The number of furan rings is 1. The minimum absolute atomic E-state index is 0.604. The quantitative estimate of drug-likeness (QED) is 0.241. The zero-order valence-electron chi connectivity index (χ0n) is 20.8. The maximum absolute atomic E-state index is 6.14. The van der Waals surface area contributed by atoms with Crippen LogP contribution in [0.1, 0.15) is 0 Å². The molecule has 0 saturated carbocycles. The summed E-state index contributed by atoms with van der Waals surface area (Å²) in [6.45, 7) is 0. The van der Waals surface area contributed by atoms with Crippen molar-refractivity contribution >= 4 is 32.9 Å². The van der Waals surface area contributed by atoms with E-state index in [1.807, 2.05) is 54.7 Å². The molecule has 0 spiro atoms. The normalized spacial score (nSPS) is 11.6. The second-order valence-corrected chi connectivity index (χ2v) is 9.53. The molecule has 184 valence electrons. The van der Waals surface area contributed by atoms with Gasteiger partial charge >= 0.3 is 0 Å². The number of nitrogens with zero attached hydrogens (tertiary/aromatic N) is 3. The first-order chi connectivity index (χ1) is 19.3. The predicted molar refractivity (Wildman–Crippen MR) is 155 cm³/mol. The van der Waals surface area contributed by atoms with Gasteiger partial charge in [-0.25, -0.2) is 4.98 Å². The Morgan fingerprint density at radius 3 is 2.46 bits per heavy atom. The molecular formula is C34H21N3O2. The summed E-state index contributed by atoms with van der Waals surface area (Å²) >= 11 is 0. The number of para-hydroxylation sites is 2.